The zero-order chi connectivity index (χ0) is 15.4. The zero-order valence-corrected chi connectivity index (χ0v) is 12.7. The molecular weight excluding hydrogens is 266 g/mol. The van der Waals surface area contributed by atoms with Gasteiger partial charge in [0.2, 0.25) is 0 Å². The molecule has 1 aromatic rings. The van der Waals surface area contributed by atoms with Gasteiger partial charge < -0.3 is 15.5 Å². The van der Waals surface area contributed by atoms with Gasteiger partial charge in [0, 0.05) is 43.3 Å². The smallest absolute Gasteiger partial charge is 0.253 e. The Bertz CT molecular complexity index is 509. The fourth-order valence-electron chi connectivity index (χ4n) is 2.60. The lowest BCUT2D eigenvalue weighted by molar-refractivity contribution is 0.0767. The van der Waals surface area contributed by atoms with E-state index in [0.717, 1.165) is 6.42 Å². The molecule has 1 saturated heterocycles. The van der Waals surface area contributed by atoms with Gasteiger partial charge in [-0.3, -0.25) is 9.59 Å². The molecule has 1 aliphatic heterocycles. The largest absolute Gasteiger partial charge is 0.339 e. The summed E-state index contributed by atoms with van der Waals surface area (Å²) in [6.45, 7) is 6.59. The standard InChI is InChI=1S/C16H23N3O2/c1-3-18(4-2)15(20)12-5-7-13(8-6-12)16(21)19-10-9-14(17)11-19/h5-8,14H,3-4,9-11,17H2,1-2H3/t14-/m1/s1. The average Bonchev–Trinajstić information content (AvgIpc) is 2.94. The van der Waals surface area contributed by atoms with Crippen LogP contribution in [0, 0.1) is 0 Å². The Morgan fingerprint density at radius 2 is 1.76 bits per heavy atom. The molecule has 114 valence electrons. The maximum Gasteiger partial charge on any atom is 0.253 e. The lowest BCUT2D eigenvalue weighted by Crippen LogP contribution is -2.32. The van der Waals surface area contributed by atoms with E-state index in [1.165, 1.54) is 0 Å². The van der Waals surface area contributed by atoms with Crippen molar-refractivity contribution in [1.82, 2.24) is 9.80 Å². The van der Waals surface area contributed by atoms with Crippen molar-refractivity contribution < 1.29 is 9.59 Å². The normalized spacial score (nSPS) is 17.9. The third-order valence-electron chi connectivity index (χ3n) is 3.94. The maximum atomic E-state index is 12.3. The molecule has 0 unspecified atom stereocenters. The van der Waals surface area contributed by atoms with E-state index in [4.69, 9.17) is 5.73 Å². The molecule has 0 saturated carbocycles. The van der Waals surface area contributed by atoms with Crippen LogP contribution >= 0.6 is 0 Å². The van der Waals surface area contributed by atoms with E-state index in [2.05, 4.69) is 0 Å². The van der Waals surface area contributed by atoms with Crippen LogP contribution in [-0.4, -0.2) is 53.8 Å². The summed E-state index contributed by atoms with van der Waals surface area (Å²) in [6.07, 6.45) is 0.851. The van der Waals surface area contributed by atoms with Gasteiger partial charge in [0.05, 0.1) is 0 Å². The summed E-state index contributed by atoms with van der Waals surface area (Å²) in [5.41, 5.74) is 7.05. The highest BCUT2D eigenvalue weighted by Gasteiger charge is 2.24. The number of benzene rings is 1. The van der Waals surface area contributed by atoms with E-state index in [9.17, 15) is 9.59 Å². The number of carbonyl (C=O) groups is 2. The molecule has 0 aromatic heterocycles. The second kappa shape index (κ2) is 6.72. The fourth-order valence-corrected chi connectivity index (χ4v) is 2.60. The molecule has 0 radical (unpaired) electrons. The van der Waals surface area contributed by atoms with Gasteiger partial charge in [-0.25, -0.2) is 0 Å². The third-order valence-corrected chi connectivity index (χ3v) is 3.94. The number of nitrogens with two attached hydrogens (primary N) is 1. The molecule has 1 aliphatic rings. The Labute approximate surface area is 125 Å². The Kier molecular flexibility index (Phi) is 4.96. The van der Waals surface area contributed by atoms with Crippen molar-refractivity contribution in [3.8, 4) is 0 Å². The highest BCUT2D eigenvalue weighted by Crippen LogP contribution is 2.14. The van der Waals surface area contributed by atoms with Crippen LogP contribution in [0.4, 0.5) is 0 Å². The van der Waals surface area contributed by atoms with Gasteiger partial charge in [-0.05, 0) is 44.5 Å². The Morgan fingerprint density at radius 1 is 1.19 bits per heavy atom. The summed E-state index contributed by atoms with van der Waals surface area (Å²) in [7, 11) is 0. The molecular formula is C16H23N3O2. The third kappa shape index (κ3) is 3.42. The van der Waals surface area contributed by atoms with Gasteiger partial charge in [-0.15, -0.1) is 0 Å². The van der Waals surface area contributed by atoms with E-state index in [1.54, 1.807) is 34.1 Å². The number of nitrogens with zero attached hydrogens (tertiary/aromatic N) is 2. The van der Waals surface area contributed by atoms with Crippen LogP contribution in [0.15, 0.2) is 24.3 Å². The Morgan fingerprint density at radius 3 is 2.24 bits per heavy atom. The number of amides is 2. The molecule has 5 heteroatoms. The summed E-state index contributed by atoms with van der Waals surface area (Å²) in [6, 6.07) is 6.98. The van der Waals surface area contributed by atoms with Gasteiger partial charge in [0.25, 0.3) is 11.8 Å². The van der Waals surface area contributed by atoms with Crippen molar-refractivity contribution in [2.75, 3.05) is 26.2 Å². The van der Waals surface area contributed by atoms with Gasteiger partial charge in [-0.1, -0.05) is 0 Å². The zero-order valence-electron chi connectivity index (χ0n) is 12.7. The molecule has 2 amide bonds. The van der Waals surface area contributed by atoms with Crippen molar-refractivity contribution in [3.05, 3.63) is 35.4 Å². The molecule has 2 N–H and O–H groups in total. The SMILES string of the molecule is CCN(CC)C(=O)c1ccc(C(=O)N2CC[C@@H](N)C2)cc1. The first-order chi connectivity index (χ1) is 10.1. The number of hydrogen-bond donors (Lipinski definition) is 1. The van der Waals surface area contributed by atoms with Crippen LogP contribution in [-0.2, 0) is 0 Å². The minimum absolute atomic E-state index is 0.00203. The number of likely N-dealkylation sites (tertiary alicyclic amines) is 1. The van der Waals surface area contributed by atoms with E-state index in [1.807, 2.05) is 13.8 Å². The first kappa shape index (κ1) is 15.5. The molecule has 21 heavy (non-hydrogen) atoms. The van der Waals surface area contributed by atoms with Crippen molar-refractivity contribution in [3.63, 3.8) is 0 Å². The van der Waals surface area contributed by atoms with Gasteiger partial charge in [0.1, 0.15) is 0 Å². The van der Waals surface area contributed by atoms with Crippen molar-refractivity contribution >= 4 is 11.8 Å². The van der Waals surface area contributed by atoms with Gasteiger partial charge >= 0.3 is 0 Å². The lowest BCUT2D eigenvalue weighted by Gasteiger charge is -2.19. The summed E-state index contributed by atoms with van der Waals surface area (Å²) < 4.78 is 0. The van der Waals surface area contributed by atoms with Crippen LogP contribution in [0.25, 0.3) is 0 Å². The van der Waals surface area contributed by atoms with Crippen LogP contribution in [0.5, 0.6) is 0 Å². The first-order valence-corrected chi connectivity index (χ1v) is 7.51. The van der Waals surface area contributed by atoms with E-state index in [0.29, 0.717) is 37.3 Å². The van der Waals surface area contributed by atoms with Crippen molar-refractivity contribution in [2.45, 2.75) is 26.3 Å². The molecule has 1 fully saturated rings. The number of rotatable bonds is 4. The van der Waals surface area contributed by atoms with Crippen LogP contribution < -0.4 is 5.73 Å². The molecule has 0 spiro atoms. The Balaban J connectivity index is 2.08. The van der Waals surface area contributed by atoms with Crippen LogP contribution in [0.2, 0.25) is 0 Å². The van der Waals surface area contributed by atoms with Gasteiger partial charge in [-0.2, -0.15) is 0 Å². The maximum absolute atomic E-state index is 12.3. The summed E-state index contributed by atoms with van der Waals surface area (Å²) in [4.78, 5) is 28.0. The van der Waals surface area contributed by atoms with E-state index >= 15 is 0 Å². The fraction of sp³-hybridized carbons (Fsp3) is 0.500. The topological polar surface area (TPSA) is 66.6 Å². The minimum Gasteiger partial charge on any atom is -0.339 e. The molecule has 1 heterocycles. The predicted molar refractivity (Wildman–Crippen MR) is 82.2 cm³/mol. The van der Waals surface area contributed by atoms with Gasteiger partial charge in [0.15, 0.2) is 0 Å². The quantitative estimate of drug-likeness (QED) is 0.909. The number of carbonyl (C=O) groups excluding carboxylic acids is 2. The van der Waals surface area contributed by atoms with Crippen molar-refractivity contribution in [1.29, 1.82) is 0 Å². The lowest BCUT2D eigenvalue weighted by atomic mass is 10.1. The highest BCUT2D eigenvalue weighted by molar-refractivity contribution is 5.98. The van der Waals surface area contributed by atoms with Crippen LogP contribution in [0.3, 0.4) is 0 Å². The summed E-state index contributed by atoms with van der Waals surface area (Å²) in [5, 5.41) is 0. The molecule has 2 rings (SSSR count). The van der Waals surface area contributed by atoms with Crippen molar-refractivity contribution in [2.24, 2.45) is 5.73 Å². The summed E-state index contributed by atoms with van der Waals surface area (Å²) >= 11 is 0. The number of hydrogen-bond acceptors (Lipinski definition) is 3. The monoisotopic (exact) mass is 289 g/mol. The highest BCUT2D eigenvalue weighted by atomic mass is 16.2. The summed E-state index contributed by atoms with van der Waals surface area (Å²) in [5.74, 6) is -0.00742. The second-order valence-electron chi connectivity index (χ2n) is 5.35. The first-order valence-electron chi connectivity index (χ1n) is 7.51. The Hall–Kier alpha value is -1.88. The molecule has 1 atom stereocenters. The molecule has 0 bridgehead atoms. The molecule has 5 nitrogen and oxygen atoms in total. The van der Waals surface area contributed by atoms with Crippen LogP contribution in [0.1, 0.15) is 41.0 Å². The molecule has 1 aromatic carbocycles. The van der Waals surface area contributed by atoms with E-state index in [-0.39, 0.29) is 17.9 Å². The molecule has 0 aliphatic carbocycles. The predicted octanol–water partition coefficient (Wildman–Crippen LogP) is 1.34. The van der Waals surface area contributed by atoms with E-state index < -0.39 is 0 Å². The second-order valence-corrected chi connectivity index (χ2v) is 5.35. The minimum atomic E-state index is -0.00946. The average molecular weight is 289 g/mol.